The predicted octanol–water partition coefficient (Wildman–Crippen LogP) is 0.525. The highest BCUT2D eigenvalue weighted by molar-refractivity contribution is 5.85. The van der Waals surface area contributed by atoms with E-state index in [1.165, 1.54) is 0 Å². The fraction of sp³-hybridized carbons (Fsp3) is 0.467. The molecule has 2 rings (SSSR count). The van der Waals surface area contributed by atoms with Gasteiger partial charge in [-0.1, -0.05) is 30.3 Å². The average molecular weight is 308 g/mol. The number of amides is 2. The van der Waals surface area contributed by atoms with E-state index in [0.29, 0.717) is 13.0 Å². The molecule has 22 heavy (non-hydrogen) atoms. The lowest BCUT2D eigenvalue weighted by Gasteiger charge is -2.19. The van der Waals surface area contributed by atoms with Gasteiger partial charge >= 0.3 is 6.09 Å². The highest BCUT2D eigenvalue weighted by Crippen LogP contribution is 2.10. The van der Waals surface area contributed by atoms with Crippen LogP contribution in [0.1, 0.15) is 18.9 Å². The summed E-state index contributed by atoms with van der Waals surface area (Å²) in [6, 6.07) is 8.03. The third kappa shape index (κ3) is 4.71. The third-order valence-corrected chi connectivity index (χ3v) is 3.33. The number of benzene rings is 1. The summed E-state index contributed by atoms with van der Waals surface area (Å²) in [6.07, 6.45) is -1.13. The zero-order valence-corrected chi connectivity index (χ0v) is 12.3. The van der Waals surface area contributed by atoms with E-state index >= 15 is 0 Å². The van der Waals surface area contributed by atoms with Gasteiger partial charge in [-0.2, -0.15) is 0 Å². The Morgan fingerprint density at radius 1 is 1.41 bits per heavy atom. The van der Waals surface area contributed by atoms with Gasteiger partial charge in [0, 0.05) is 0 Å². The van der Waals surface area contributed by atoms with Crippen molar-refractivity contribution in [1.29, 1.82) is 0 Å². The van der Waals surface area contributed by atoms with E-state index in [4.69, 9.17) is 9.47 Å². The Balaban J connectivity index is 1.72. The van der Waals surface area contributed by atoms with Crippen LogP contribution in [0.4, 0.5) is 4.79 Å². The fourth-order valence-corrected chi connectivity index (χ4v) is 2.03. The monoisotopic (exact) mass is 308 g/mol. The van der Waals surface area contributed by atoms with E-state index in [-0.39, 0.29) is 6.61 Å². The van der Waals surface area contributed by atoms with Gasteiger partial charge in [-0.15, -0.1) is 0 Å². The van der Waals surface area contributed by atoms with E-state index in [9.17, 15) is 14.7 Å². The molecule has 7 nitrogen and oxygen atoms in total. The molecule has 1 fully saturated rings. The highest BCUT2D eigenvalue weighted by atomic mass is 16.6. The van der Waals surface area contributed by atoms with Gasteiger partial charge in [-0.05, 0) is 18.9 Å². The Labute approximate surface area is 128 Å². The summed E-state index contributed by atoms with van der Waals surface area (Å²) in [7, 11) is 0. The smallest absolute Gasteiger partial charge is 0.408 e. The maximum atomic E-state index is 11.9. The Hall–Kier alpha value is -2.12. The maximum Gasteiger partial charge on any atom is 0.408 e. The topological polar surface area (TPSA) is 96.9 Å². The molecule has 1 saturated heterocycles. The summed E-state index contributed by atoms with van der Waals surface area (Å²) in [5, 5.41) is 14.5. The highest BCUT2D eigenvalue weighted by Gasteiger charge is 2.29. The van der Waals surface area contributed by atoms with Crippen LogP contribution in [0.15, 0.2) is 30.3 Å². The summed E-state index contributed by atoms with van der Waals surface area (Å²) in [6.45, 7) is 2.07. The second-order valence-corrected chi connectivity index (χ2v) is 5.09. The maximum absolute atomic E-state index is 11.9. The molecule has 120 valence electrons. The molecule has 0 saturated carbocycles. The molecule has 1 aliphatic heterocycles. The van der Waals surface area contributed by atoms with Gasteiger partial charge in [-0.25, -0.2) is 4.79 Å². The summed E-state index contributed by atoms with van der Waals surface area (Å²) in [5.74, 6) is -0.397. The lowest BCUT2D eigenvalue weighted by molar-refractivity contribution is -0.126. The molecule has 2 amide bonds. The van der Waals surface area contributed by atoms with Crippen LogP contribution in [0, 0.1) is 0 Å². The number of alkyl carbamates (subject to hydrolysis) is 1. The molecule has 3 atom stereocenters. The van der Waals surface area contributed by atoms with Gasteiger partial charge in [0.05, 0.1) is 12.6 Å². The van der Waals surface area contributed by atoms with Gasteiger partial charge in [0.2, 0.25) is 5.91 Å². The number of carbonyl (C=O) groups is 2. The van der Waals surface area contributed by atoms with Crippen LogP contribution in [0.25, 0.3) is 0 Å². The average Bonchev–Trinajstić information content (AvgIpc) is 2.91. The van der Waals surface area contributed by atoms with Crippen molar-refractivity contribution in [2.24, 2.45) is 0 Å². The largest absolute Gasteiger partial charge is 0.445 e. The molecular formula is C15H20N2O5. The molecule has 1 aromatic rings. The van der Waals surface area contributed by atoms with Crippen LogP contribution in [0.2, 0.25) is 0 Å². The minimum atomic E-state index is -0.999. The number of rotatable bonds is 5. The first-order valence-electron chi connectivity index (χ1n) is 7.13. The van der Waals surface area contributed by atoms with Crippen LogP contribution in [0.3, 0.4) is 0 Å². The first-order chi connectivity index (χ1) is 10.6. The van der Waals surface area contributed by atoms with Gasteiger partial charge < -0.3 is 25.2 Å². The summed E-state index contributed by atoms with van der Waals surface area (Å²) < 4.78 is 9.98. The van der Waals surface area contributed by atoms with Crippen molar-refractivity contribution in [1.82, 2.24) is 10.6 Å². The molecule has 1 aromatic carbocycles. The van der Waals surface area contributed by atoms with Gasteiger partial charge in [0.25, 0.3) is 0 Å². The molecule has 0 radical (unpaired) electrons. The number of hydrogen-bond donors (Lipinski definition) is 3. The van der Waals surface area contributed by atoms with Crippen molar-refractivity contribution in [3.8, 4) is 0 Å². The normalized spacial score (nSPS) is 21.9. The van der Waals surface area contributed by atoms with Gasteiger partial charge in [-0.3, -0.25) is 4.79 Å². The molecule has 7 heteroatoms. The zero-order valence-electron chi connectivity index (χ0n) is 12.3. The SMILES string of the molecule is C[C@H](NC(=O)OCc1ccccc1)C(=O)N[C@H]1CCOC1O. The van der Waals surface area contributed by atoms with E-state index in [1.54, 1.807) is 6.92 Å². The molecule has 1 aliphatic rings. The minimum Gasteiger partial charge on any atom is -0.445 e. The first-order valence-corrected chi connectivity index (χ1v) is 7.13. The molecule has 0 aliphatic carbocycles. The summed E-state index contributed by atoms with van der Waals surface area (Å²) in [4.78, 5) is 23.6. The van der Waals surface area contributed by atoms with Crippen LogP contribution in [0.5, 0.6) is 0 Å². The summed E-state index contributed by atoms with van der Waals surface area (Å²) >= 11 is 0. The van der Waals surface area contributed by atoms with Crippen molar-refractivity contribution in [2.45, 2.75) is 38.3 Å². The lowest BCUT2D eigenvalue weighted by atomic mass is 10.2. The molecule has 0 aromatic heterocycles. The zero-order chi connectivity index (χ0) is 15.9. The van der Waals surface area contributed by atoms with Crippen LogP contribution in [-0.2, 0) is 20.9 Å². The van der Waals surface area contributed by atoms with Crippen molar-refractivity contribution in [3.05, 3.63) is 35.9 Å². The molecule has 1 unspecified atom stereocenters. The quantitative estimate of drug-likeness (QED) is 0.737. The summed E-state index contributed by atoms with van der Waals surface area (Å²) in [5.41, 5.74) is 0.862. The van der Waals surface area contributed by atoms with Gasteiger partial charge in [0.1, 0.15) is 12.6 Å². The standard InChI is InChI=1S/C15H20N2O5/c1-10(13(18)17-12-7-8-21-14(12)19)16-15(20)22-9-11-5-3-2-4-6-11/h2-6,10,12,14,19H,7-9H2,1H3,(H,16,20)(H,17,18)/t10-,12-,14?/m0/s1. The number of aliphatic hydroxyl groups is 1. The number of aliphatic hydroxyl groups excluding tert-OH is 1. The van der Waals surface area contributed by atoms with Crippen LogP contribution in [-0.4, -0.2) is 42.1 Å². The Morgan fingerprint density at radius 2 is 2.14 bits per heavy atom. The predicted molar refractivity (Wildman–Crippen MR) is 77.7 cm³/mol. The first kappa shape index (κ1) is 16.3. The molecule has 3 N–H and O–H groups in total. The second kappa shape index (κ2) is 7.77. The van der Waals surface area contributed by atoms with Crippen molar-refractivity contribution in [2.75, 3.05) is 6.61 Å². The van der Waals surface area contributed by atoms with Gasteiger partial charge in [0.15, 0.2) is 6.29 Å². The van der Waals surface area contributed by atoms with Crippen LogP contribution < -0.4 is 10.6 Å². The van der Waals surface area contributed by atoms with E-state index in [2.05, 4.69) is 10.6 Å². The Morgan fingerprint density at radius 3 is 2.77 bits per heavy atom. The number of hydrogen-bond acceptors (Lipinski definition) is 5. The van der Waals surface area contributed by atoms with Crippen molar-refractivity contribution in [3.63, 3.8) is 0 Å². The fourth-order valence-electron chi connectivity index (χ4n) is 2.03. The minimum absolute atomic E-state index is 0.135. The molecule has 0 bridgehead atoms. The lowest BCUT2D eigenvalue weighted by Crippen LogP contribution is -2.50. The van der Waals surface area contributed by atoms with Crippen molar-refractivity contribution < 1.29 is 24.2 Å². The van der Waals surface area contributed by atoms with E-state index < -0.39 is 30.4 Å². The Kier molecular flexibility index (Phi) is 5.74. The Bertz CT molecular complexity index is 508. The van der Waals surface area contributed by atoms with Crippen LogP contribution >= 0.6 is 0 Å². The number of ether oxygens (including phenoxy) is 2. The van der Waals surface area contributed by atoms with E-state index in [0.717, 1.165) is 5.56 Å². The molecule has 1 heterocycles. The molecular weight excluding hydrogens is 288 g/mol. The second-order valence-electron chi connectivity index (χ2n) is 5.09. The number of carbonyl (C=O) groups excluding carboxylic acids is 2. The van der Waals surface area contributed by atoms with E-state index in [1.807, 2.05) is 30.3 Å². The third-order valence-electron chi connectivity index (χ3n) is 3.33. The molecule has 0 spiro atoms. The number of nitrogens with one attached hydrogen (secondary N) is 2. The van der Waals surface area contributed by atoms with Crippen molar-refractivity contribution >= 4 is 12.0 Å².